The van der Waals surface area contributed by atoms with Gasteiger partial charge in [-0.15, -0.1) is 0 Å². The lowest BCUT2D eigenvalue weighted by atomic mass is 10.1. The first-order valence-corrected chi connectivity index (χ1v) is 12.6. The van der Waals surface area contributed by atoms with Gasteiger partial charge in [0.25, 0.3) is 5.91 Å². The SMILES string of the molecule is COC(=O)c1ccc(NC(=O)CC2C(=O)N(c3cccc(Cl)c3)C(=S)N2Cc2ccc(OC)c(OC)c2)cc1. The number of halogens is 1. The zero-order valence-corrected chi connectivity index (χ0v) is 23.0. The Morgan fingerprint density at radius 1 is 0.974 bits per heavy atom. The first-order valence-electron chi connectivity index (χ1n) is 11.8. The van der Waals surface area contributed by atoms with Gasteiger partial charge in [-0.1, -0.05) is 23.7 Å². The fourth-order valence-corrected chi connectivity index (χ4v) is 4.81. The molecule has 0 aromatic heterocycles. The van der Waals surface area contributed by atoms with Crippen LogP contribution in [0, 0.1) is 0 Å². The van der Waals surface area contributed by atoms with Crippen LogP contribution in [-0.2, 0) is 20.9 Å². The molecule has 0 bridgehead atoms. The fourth-order valence-electron chi connectivity index (χ4n) is 4.24. The number of carbonyl (C=O) groups is 3. The molecule has 2 amide bonds. The van der Waals surface area contributed by atoms with E-state index in [1.807, 2.05) is 6.07 Å². The van der Waals surface area contributed by atoms with Gasteiger partial charge >= 0.3 is 5.97 Å². The Morgan fingerprint density at radius 3 is 2.33 bits per heavy atom. The van der Waals surface area contributed by atoms with Crippen molar-refractivity contribution < 1.29 is 28.6 Å². The Bertz CT molecular complexity index is 1410. The largest absolute Gasteiger partial charge is 0.493 e. The van der Waals surface area contributed by atoms with E-state index in [9.17, 15) is 14.4 Å². The summed E-state index contributed by atoms with van der Waals surface area (Å²) in [6, 6.07) is 17.6. The molecule has 3 aromatic rings. The van der Waals surface area contributed by atoms with Crippen molar-refractivity contribution in [2.75, 3.05) is 31.5 Å². The third-order valence-electron chi connectivity index (χ3n) is 6.15. The molecule has 1 N–H and O–H groups in total. The van der Waals surface area contributed by atoms with Crippen LogP contribution in [0.3, 0.4) is 0 Å². The van der Waals surface area contributed by atoms with Crippen LogP contribution in [0.15, 0.2) is 66.7 Å². The monoisotopic (exact) mass is 567 g/mol. The number of esters is 1. The number of hydrogen-bond donors (Lipinski definition) is 1. The van der Waals surface area contributed by atoms with Gasteiger partial charge in [0.15, 0.2) is 16.6 Å². The third-order valence-corrected chi connectivity index (χ3v) is 6.81. The van der Waals surface area contributed by atoms with E-state index in [1.54, 1.807) is 72.7 Å². The van der Waals surface area contributed by atoms with Crippen LogP contribution in [0.25, 0.3) is 0 Å². The number of ether oxygens (including phenoxy) is 3. The second-order valence-corrected chi connectivity index (χ2v) is 9.39. The first-order chi connectivity index (χ1) is 18.7. The number of hydrogen-bond acceptors (Lipinski definition) is 7. The van der Waals surface area contributed by atoms with Gasteiger partial charge in [0.2, 0.25) is 5.91 Å². The zero-order chi connectivity index (χ0) is 28.1. The number of benzene rings is 3. The van der Waals surface area contributed by atoms with Gasteiger partial charge in [-0.2, -0.15) is 0 Å². The number of methoxy groups -OCH3 is 3. The van der Waals surface area contributed by atoms with E-state index in [4.69, 9.17) is 38.0 Å². The molecule has 0 saturated carbocycles. The zero-order valence-electron chi connectivity index (χ0n) is 21.5. The lowest BCUT2D eigenvalue weighted by Gasteiger charge is -2.24. The second-order valence-electron chi connectivity index (χ2n) is 8.59. The summed E-state index contributed by atoms with van der Waals surface area (Å²) in [5.41, 5.74) is 2.14. The highest BCUT2D eigenvalue weighted by Gasteiger charge is 2.44. The van der Waals surface area contributed by atoms with Crippen LogP contribution in [-0.4, -0.2) is 55.2 Å². The molecule has 39 heavy (non-hydrogen) atoms. The minimum atomic E-state index is -0.876. The average molecular weight is 568 g/mol. The van der Waals surface area contributed by atoms with Crippen LogP contribution in [0.1, 0.15) is 22.3 Å². The van der Waals surface area contributed by atoms with Crippen molar-refractivity contribution in [2.45, 2.75) is 19.0 Å². The molecule has 1 heterocycles. The molecule has 1 saturated heterocycles. The third kappa shape index (κ3) is 6.13. The van der Waals surface area contributed by atoms with E-state index in [2.05, 4.69) is 5.32 Å². The molecular weight excluding hydrogens is 542 g/mol. The Morgan fingerprint density at radius 2 is 1.69 bits per heavy atom. The van der Waals surface area contributed by atoms with Gasteiger partial charge < -0.3 is 24.4 Å². The molecule has 0 aliphatic carbocycles. The van der Waals surface area contributed by atoms with E-state index in [0.29, 0.717) is 33.5 Å². The smallest absolute Gasteiger partial charge is 0.337 e. The van der Waals surface area contributed by atoms with Crippen LogP contribution in [0.5, 0.6) is 11.5 Å². The molecule has 202 valence electrons. The maximum Gasteiger partial charge on any atom is 0.337 e. The van der Waals surface area contributed by atoms with Crippen molar-refractivity contribution in [3.05, 3.63) is 82.9 Å². The van der Waals surface area contributed by atoms with Gasteiger partial charge in [0.1, 0.15) is 6.04 Å². The maximum absolute atomic E-state index is 13.7. The van der Waals surface area contributed by atoms with Crippen molar-refractivity contribution in [3.8, 4) is 11.5 Å². The van der Waals surface area contributed by atoms with Gasteiger partial charge in [0, 0.05) is 17.3 Å². The van der Waals surface area contributed by atoms with Gasteiger partial charge in [-0.25, -0.2) is 4.79 Å². The van der Waals surface area contributed by atoms with Crippen LogP contribution >= 0.6 is 23.8 Å². The van der Waals surface area contributed by atoms with E-state index in [0.717, 1.165) is 5.56 Å². The summed E-state index contributed by atoms with van der Waals surface area (Å²) < 4.78 is 15.4. The Balaban J connectivity index is 1.60. The molecular formula is C28H26ClN3O6S. The minimum absolute atomic E-state index is 0.165. The maximum atomic E-state index is 13.7. The summed E-state index contributed by atoms with van der Waals surface area (Å²) in [5.74, 6) is -0.130. The number of nitrogens with zero attached hydrogens (tertiary/aromatic N) is 2. The van der Waals surface area contributed by atoms with E-state index in [-0.39, 0.29) is 24.0 Å². The number of anilines is 2. The van der Waals surface area contributed by atoms with Crippen molar-refractivity contribution in [2.24, 2.45) is 0 Å². The van der Waals surface area contributed by atoms with E-state index < -0.39 is 17.9 Å². The Labute approximate surface area is 236 Å². The number of carbonyl (C=O) groups excluding carboxylic acids is 3. The summed E-state index contributed by atoms with van der Waals surface area (Å²) in [6.07, 6.45) is -0.165. The Kier molecular flexibility index (Phi) is 8.68. The summed E-state index contributed by atoms with van der Waals surface area (Å²) in [7, 11) is 4.38. The topological polar surface area (TPSA) is 97.4 Å². The number of amides is 2. The van der Waals surface area contributed by atoms with Crippen molar-refractivity contribution in [1.82, 2.24) is 4.90 Å². The van der Waals surface area contributed by atoms with Crippen molar-refractivity contribution in [1.29, 1.82) is 0 Å². The van der Waals surface area contributed by atoms with Crippen molar-refractivity contribution >= 4 is 58.1 Å². The molecule has 1 aliphatic heterocycles. The lowest BCUT2D eigenvalue weighted by molar-refractivity contribution is -0.124. The van der Waals surface area contributed by atoms with Crippen LogP contribution in [0.4, 0.5) is 11.4 Å². The van der Waals surface area contributed by atoms with Crippen molar-refractivity contribution in [3.63, 3.8) is 0 Å². The first kappa shape index (κ1) is 27.9. The lowest BCUT2D eigenvalue weighted by Crippen LogP contribution is -2.37. The molecule has 1 atom stereocenters. The number of rotatable bonds is 9. The normalized spacial score (nSPS) is 14.8. The van der Waals surface area contributed by atoms with E-state index >= 15 is 0 Å². The quantitative estimate of drug-likeness (QED) is 0.294. The summed E-state index contributed by atoms with van der Waals surface area (Å²) in [6.45, 7) is 0.244. The molecule has 1 fully saturated rings. The van der Waals surface area contributed by atoms with Crippen LogP contribution in [0.2, 0.25) is 5.02 Å². The molecule has 9 nitrogen and oxygen atoms in total. The molecule has 4 rings (SSSR count). The molecule has 0 spiro atoms. The minimum Gasteiger partial charge on any atom is -0.493 e. The molecule has 0 radical (unpaired) electrons. The highest BCUT2D eigenvalue weighted by atomic mass is 35.5. The number of nitrogens with one attached hydrogen (secondary N) is 1. The number of thiocarbonyl (C=S) groups is 1. The predicted molar refractivity (Wildman–Crippen MR) is 151 cm³/mol. The summed E-state index contributed by atoms with van der Waals surface area (Å²) in [4.78, 5) is 41.5. The fraction of sp³-hybridized carbons (Fsp3) is 0.214. The summed E-state index contributed by atoms with van der Waals surface area (Å²) in [5, 5.41) is 3.48. The molecule has 11 heteroatoms. The second kappa shape index (κ2) is 12.1. The highest BCUT2D eigenvalue weighted by Crippen LogP contribution is 2.33. The molecule has 1 unspecified atom stereocenters. The molecule has 3 aromatic carbocycles. The van der Waals surface area contributed by atoms with Crippen LogP contribution < -0.4 is 19.7 Å². The van der Waals surface area contributed by atoms with Gasteiger partial charge in [-0.3, -0.25) is 14.5 Å². The van der Waals surface area contributed by atoms with Gasteiger partial charge in [-0.05, 0) is 72.4 Å². The summed E-state index contributed by atoms with van der Waals surface area (Å²) >= 11 is 11.9. The predicted octanol–water partition coefficient (Wildman–Crippen LogP) is 4.67. The standard InChI is InChI=1S/C28H26ClN3O6S/c1-36-23-12-7-17(13-24(23)37-2)16-31-22(26(34)32(28(31)39)21-6-4-5-19(29)14-21)15-25(33)30-20-10-8-18(9-11-20)27(35)38-3/h4-14,22H,15-16H2,1-3H3,(H,30,33). The Hall–Kier alpha value is -4.15. The highest BCUT2D eigenvalue weighted by molar-refractivity contribution is 7.80. The van der Waals surface area contributed by atoms with E-state index in [1.165, 1.54) is 19.1 Å². The average Bonchev–Trinajstić information content (AvgIpc) is 3.16. The van der Waals surface area contributed by atoms with Gasteiger partial charge in [0.05, 0.1) is 39.0 Å². The molecule has 1 aliphatic rings.